The Morgan fingerprint density at radius 1 is 1.12 bits per heavy atom. The highest BCUT2D eigenvalue weighted by atomic mass is 16.5. The molecule has 0 bridgehead atoms. The summed E-state index contributed by atoms with van der Waals surface area (Å²) in [4.78, 5) is 30.2. The minimum Gasteiger partial charge on any atom is -0.367 e. The lowest BCUT2D eigenvalue weighted by Gasteiger charge is -2.26. The van der Waals surface area contributed by atoms with Gasteiger partial charge in [0.1, 0.15) is 0 Å². The number of amides is 2. The van der Waals surface area contributed by atoms with Crippen LogP contribution < -0.4 is 0 Å². The zero-order valence-electron chi connectivity index (χ0n) is 14.8. The zero-order valence-corrected chi connectivity index (χ0v) is 14.8. The van der Waals surface area contributed by atoms with Gasteiger partial charge in [-0.25, -0.2) is 0 Å². The SMILES string of the molecule is COC(C(=O)N1CCCN(CC(=O)N(C)C)CC1)c1ccccc1. The summed E-state index contributed by atoms with van der Waals surface area (Å²) in [5.74, 6) is 0.0818. The Balaban J connectivity index is 1.97. The Morgan fingerprint density at radius 3 is 2.46 bits per heavy atom. The third kappa shape index (κ3) is 4.79. The minimum absolute atomic E-state index is 0.00974. The maximum Gasteiger partial charge on any atom is 0.256 e. The van der Waals surface area contributed by atoms with Crippen molar-refractivity contribution < 1.29 is 14.3 Å². The average Bonchev–Trinajstić information content (AvgIpc) is 2.82. The molecular formula is C18H27N3O3. The van der Waals surface area contributed by atoms with Gasteiger partial charge in [-0.05, 0) is 12.0 Å². The highest BCUT2D eigenvalue weighted by Crippen LogP contribution is 2.20. The third-order valence-corrected chi connectivity index (χ3v) is 4.32. The van der Waals surface area contributed by atoms with Gasteiger partial charge in [0.25, 0.3) is 5.91 Å². The first-order valence-electron chi connectivity index (χ1n) is 8.32. The lowest BCUT2D eigenvalue weighted by atomic mass is 10.1. The number of benzene rings is 1. The fourth-order valence-corrected chi connectivity index (χ4v) is 2.86. The Kier molecular flexibility index (Phi) is 6.75. The van der Waals surface area contributed by atoms with Crippen molar-refractivity contribution in [3.05, 3.63) is 35.9 Å². The molecule has 1 aromatic carbocycles. The van der Waals surface area contributed by atoms with Gasteiger partial charge in [-0.2, -0.15) is 0 Å². The Morgan fingerprint density at radius 2 is 1.83 bits per heavy atom. The molecule has 24 heavy (non-hydrogen) atoms. The molecule has 6 heteroatoms. The van der Waals surface area contributed by atoms with Crippen molar-refractivity contribution in [1.29, 1.82) is 0 Å². The molecule has 0 radical (unpaired) electrons. The van der Waals surface area contributed by atoms with Gasteiger partial charge in [0.15, 0.2) is 6.10 Å². The van der Waals surface area contributed by atoms with E-state index in [-0.39, 0.29) is 11.8 Å². The molecule has 1 fully saturated rings. The summed E-state index contributed by atoms with van der Waals surface area (Å²) in [6, 6.07) is 9.56. The number of hydrogen-bond donors (Lipinski definition) is 0. The van der Waals surface area contributed by atoms with Crippen LogP contribution in [0.3, 0.4) is 0 Å². The van der Waals surface area contributed by atoms with Crippen LogP contribution in [0.25, 0.3) is 0 Å². The largest absolute Gasteiger partial charge is 0.367 e. The lowest BCUT2D eigenvalue weighted by Crippen LogP contribution is -2.41. The second-order valence-corrected chi connectivity index (χ2v) is 6.27. The van der Waals surface area contributed by atoms with E-state index >= 15 is 0 Å². The van der Waals surface area contributed by atoms with Gasteiger partial charge in [-0.3, -0.25) is 14.5 Å². The molecule has 132 valence electrons. The Labute approximate surface area is 144 Å². The van der Waals surface area contributed by atoms with Gasteiger partial charge in [-0.15, -0.1) is 0 Å². The van der Waals surface area contributed by atoms with Crippen molar-refractivity contribution in [2.45, 2.75) is 12.5 Å². The van der Waals surface area contributed by atoms with E-state index < -0.39 is 6.10 Å². The first kappa shape index (κ1) is 18.4. The van der Waals surface area contributed by atoms with E-state index in [9.17, 15) is 9.59 Å². The van der Waals surface area contributed by atoms with E-state index in [1.807, 2.05) is 35.2 Å². The highest BCUT2D eigenvalue weighted by molar-refractivity contribution is 5.82. The molecule has 1 aliphatic heterocycles. The maximum absolute atomic E-state index is 12.8. The minimum atomic E-state index is -0.568. The summed E-state index contributed by atoms with van der Waals surface area (Å²) in [6.07, 6.45) is 0.290. The first-order chi connectivity index (χ1) is 11.5. The number of rotatable bonds is 5. The number of hydrogen-bond acceptors (Lipinski definition) is 4. The highest BCUT2D eigenvalue weighted by Gasteiger charge is 2.27. The zero-order chi connectivity index (χ0) is 17.5. The molecule has 0 aromatic heterocycles. The molecule has 1 atom stereocenters. The molecule has 1 unspecified atom stereocenters. The predicted molar refractivity (Wildman–Crippen MR) is 92.5 cm³/mol. The van der Waals surface area contributed by atoms with Crippen LogP contribution in [0.1, 0.15) is 18.1 Å². The molecule has 2 rings (SSSR count). The molecule has 6 nitrogen and oxygen atoms in total. The molecule has 1 saturated heterocycles. The molecule has 2 amide bonds. The van der Waals surface area contributed by atoms with Gasteiger partial charge < -0.3 is 14.5 Å². The Bertz CT molecular complexity index is 548. The second-order valence-electron chi connectivity index (χ2n) is 6.27. The first-order valence-corrected chi connectivity index (χ1v) is 8.32. The molecule has 1 aromatic rings. The Hall–Kier alpha value is -1.92. The summed E-state index contributed by atoms with van der Waals surface area (Å²) in [7, 11) is 5.09. The summed E-state index contributed by atoms with van der Waals surface area (Å²) < 4.78 is 5.45. The van der Waals surface area contributed by atoms with Gasteiger partial charge >= 0.3 is 0 Å². The van der Waals surface area contributed by atoms with Crippen molar-refractivity contribution in [3.63, 3.8) is 0 Å². The van der Waals surface area contributed by atoms with E-state index in [1.165, 1.54) is 0 Å². The van der Waals surface area contributed by atoms with Crippen molar-refractivity contribution in [2.24, 2.45) is 0 Å². The number of carbonyl (C=O) groups is 2. The second kappa shape index (κ2) is 8.80. The van der Waals surface area contributed by atoms with E-state index in [0.29, 0.717) is 26.2 Å². The normalized spacial score (nSPS) is 17.2. The summed E-state index contributed by atoms with van der Waals surface area (Å²) in [5.41, 5.74) is 0.869. The van der Waals surface area contributed by atoms with Crippen LogP contribution in [0.15, 0.2) is 30.3 Å². The van der Waals surface area contributed by atoms with Crippen molar-refractivity contribution in [3.8, 4) is 0 Å². The molecular weight excluding hydrogens is 306 g/mol. The predicted octanol–water partition coefficient (Wildman–Crippen LogP) is 0.997. The summed E-state index contributed by atoms with van der Waals surface area (Å²) >= 11 is 0. The van der Waals surface area contributed by atoms with Crippen LogP contribution in [0.5, 0.6) is 0 Å². The smallest absolute Gasteiger partial charge is 0.256 e. The van der Waals surface area contributed by atoms with Gasteiger partial charge in [-0.1, -0.05) is 30.3 Å². The number of likely N-dealkylation sites (N-methyl/N-ethyl adjacent to an activating group) is 1. The molecule has 0 spiro atoms. The fourth-order valence-electron chi connectivity index (χ4n) is 2.86. The van der Waals surface area contributed by atoms with Crippen LogP contribution in [-0.4, -0.2) is 80.4 Å². The molecule has 1 aliphatic rings. The monoisotopic (exact) mass is 333 g/mol. The van der Waals surface area contributed by atoms with E-state index in [2.05, 4.69) is 4.90 Å². The molecule has 1 heterocycles. The van der Waals surface area contributed by atoms with Gasteiger partial charge in [0.2, 0.25) is 5.91 Å². The van der Waals surface area contributed by atoms with Crippen LogP contribution in [0.4, 0.5) is 0 Å². The van der Waals surface area contributed by atoms with Crippen LogP contribution in [0.2, 0.25) is 0 Å². The molecule has 0 saturated carbocycles. The number of carbonyl (C=O) groups excluding carboxylic acids is 2. The standard InChI is InChI=1S/C18H27N3O3/c1-19(2)16(22)14-20-10-7-11-21(13-12-20)18(23)17(24-3)15-8-5-4-6-9-15/h4-6,8-9,17H,7,10-14H2,1-3H3. The maximum atomic E-state index is 12.8. The van der Waals surface area contributed by atoms with Gasteiger partial charge in [0.05, 0.1) is 6.54 Å². The van der Waals surface area contributed by atoms with Crippen LogP contribution in [-0.2, 0) is 14.3 Å². The molecule has 0 N–H and O–H groups in total. The topological polar surface area (TPSA) is 53.1 Å². The average molecular weight is 333 g/mol. The van der Waals surface area contributed by atoms with E-state index in [1.54, 1.807) is 26.1 Å². The quantitative estimate of drug-likeness (QED) is 0.807. The summed E-state index contributed by atoms with van der Waals surface area (Å²) in [5, 5.41) is 0. The number of methoxy groups -OCH3 is 1. The number of nitrogens with zero attached hydrogens (tertiary/aromatic N) is 3. The van der Waals surface area contributed by atoms with E-state index in [4.69, 9.17) is 4.74 Å². The van der Waals surface area contributed by atoms with Crippen molar-refractivity contribution in [1.82, 2.24) is 14.7 Å². The summed E-state index contributed by atoms with van der Waals surface area (Å²) in [6.45, 7) is 3.24. The van der Waals surface area contributed by atoms with Crippen LogP contribution in [0, 0.1) is 0 Å². The fraction of sp³-hybridized carbons (Fsp3) is 0.556. The van der Waals surface area contributed by atoms with E-state index in [0.717, 1.165) is 18.5 Å². The number of ether oxygens (including phenoxy) is 1. The van der Waals surface area contributed by atoms with Crippen molar-refractivity contribution in [2.75, 3.05) is 53.9 Å². The third-order valence-electron chi connectivity index (χ3n) is 4.32. The van der Waals surface area contributed by atoms with Crippen LogP contribution >= 0.6 is 0 Å². The molecule has 0 aliphatic carbocycles. The van der Waals surface area contributed by atoms with Crippen molar-refractivity contribution >= 4 is 11.8 Å². The lowest BCUT2D eigenvalue weighted by molar-refractivity contribution is -0.142. The van der Waals surface area contributed by atoms with Gasteiger partial charge in [0, 0.05) is 47.4 Å².